The minimum Gasteiger partial charge on any atom is -0.408 e. The van der Waals surface area contributed by atoms with Crippen LogP contribution in [0.1, 0.15) is 31.9 Å². The molecule has 0 spiro atoms. The van der Waals surface area contributed by atoms with Gasteiger partial charge in [0.25, 0.3) is 0 Å². The van der Waals surface area contributed by atoms with Gasteiger partial charge < -0.3 is 9.57 Å². The number of hydrogen-bond acceptors (Lipinski definition) is 6. The number of sulfone groups is 1. The minimum atomic E-state index is -3.20. The predicted molar refractivity (Wildman–Crippen MR) is 102 cm³/mol. The van der Waals surface area contributed by atoms with Gasteiger partial charge in [0, 0.05) is 6.26 Å². The van der Waals surface area contributed by atoms with Crippen molar-refractivity contribution in [2.24, 2.45) is 11.1 Å². The van der Waals surface area contributed by atoms with Gasteiger partial charge in [-0.3, -0.25) is 4.79 Å². The molecule has 0 fully saturated rings. The molecule has 0 radical (unpaired) electrons. The third-order valence-electron chi connectivity index (χ3n) is 4.23. The molecule has 0 amide bonds. The molecular weight excluding hydrogens is 366 g/mol. The van der Waals surface area contributed by atoms with E-state index in [4.69, 9.17) is 9.57 Å². The molecule has 1 atom stereocenters. The third-order valence-corrected chi connectivity index (χ3v) is 5.36. The number of carbonyl (C=O) groups excluding carboxylic acids is 1. The number of oxime groups is 1. The maximum atomic E-state index is 11.6. The number of hydrogen-bond donors (Lipinski definition) is 0. The zero-order valence-corrected chi connectivity index (χ0v) is 16.2. The average Bonchev–Trinajstić information content (AvgIpc) is 3.09. The lowest BCUT2D eigenvalue weighted by molar-refractivity contribution is -0.139. The highest BCUT2D eigenvalue weighted by atomic mass is 32.2. The van der Waals surface area contributed by atoms with Gasteiger partial charge in [0.05, 0.1) is 17.2 Å². The fourth-order valence-electron chi connectivity index (χ4n) is 2.61. The Morgan fingerprint density at radius 3 is 2.15 bits per heavy atom. The van der Waals surface area contributed by atoms with Crippen molar-refractivity contribution in [1.29, 1.82) is 0 Å². The zero-order valence-electron chi connectivity index (χ0n) is 15.4. The topological polar surface area (TPSA) is 82.0 Å². The van der Waals surface area contributed by atoms with E-state index in [0.717, 1.165) is 16.7 Å². The van der Waals surface area contributed by atoms with Crippen LogP contribution in [-0.4, -0.2) is 26.5 Å². The normalized spacial score (nSPS) is 16.7. The highest BCUT2D eigenvalue weighted by molar-refractivity contribution is 7.90. The van der Waals surface area contributed by atoms with E-state index in [9.17, 15) is 13.2 Å². The second-order valence-electron chi connectivity index (χ2n) is 6.78. The molecule has 142 valence electrons. The van der Waals surface area contributed by atoms with Crippen molar-refractivity contribution in [3.63, 3.8) is 0 Å². The fourth-order valence-corrected chi connectivity index (χ4v) is 3.24. The fraction of sp³-hybridized carbons (Fsp3) is 0.300. The molecule has 2 aromatic rings. The summed E-state index contributed by atoms with van der Waals surface area (Å²) in [5.74, 6) is -0.259. The number of benzene rings is 2. The molecule has 6 nitrogen and oxygen atoms in total. The minimum absolute atomic E-state index is 0.222. The van der Waals surface area contributed by atoms with Gasteiger partial charge in [-0.1, -0.05) is 55.4 Å². The van der Waals surface area contributed by atoms with E-state index in [1.807, 2.05) is 24.3 Å². The Bertz CT molecular complexity index is 960. The molecule has 1 unspecified atom stereocenters. The van der Waals surface area contributed by atoms with Gasteiger partial charge in [0.1, 0.15) is 0 Å². The molecule has 0 N–H and O–H groups in total. The standard InChI is InChI=1S/C20H21NO5S/c1-13(2)20(22)25-19-12-18(26-21-19)16-6-4-14(5-7-16)15-8-10-17(11-9-15)27(3,23)24/h4-11,13,18H,12H2,1-3H3. The summed E-state index contributed by atoms with van der Waals surface area (Å²) < 4.78 is 28.3. The summed E-state index contributed by atoms with van der Waals surface area (Å²) in [6.45, 7) is 3.52. The van der Waals surface area contributed by atoms with E-state index in [2.05, 4.69) is 5.16 Å². The van der Waals surface area contributed by atoms with Gasteiger partial charge >= 0.3 is 5.97 Å². The summed E-state index contributed by atoms with van der Waals surface area (Å²) in [4.78, 5) is 17.3. The highest BCUT2D eigenvalue weighted by Crippen LogP contribution is 2.30. The Hall–Kier alpha value is -2.67. The third kappa shape index (κ3) is 4.54. The van der Waals surface area contributed by atoms with Gasteiger partial charge in [-0.05, 0) is 28.8 Å². The lowest BCUT2D eigenvalue weighted by Crippen LogP contribution is -2.16. The first-order chi connectivity index (χ1) is 12.7. The summed E-state index contributed by atoms with van der Waals surface area (Å²) in [5.41, 5.74) is 2.80. The quantitative estimate of drug-likeness (QED) is 0.747. The summed E-state index contributed by atoms with van der Waals surface area (Å²) >= 11 is 0. The Morgan fingerprint density at radius 2 is 1.63 bits per heavy atom. The summed E-state index contributed by atoms with van der Waals surface area (Å²) in [7, 11) is -3.20. The predicted octanol–water partition coefficient (Wildman–Crippen LogP) is 3.73. The monoisotopic (exact) mass is 387 g/mol. The van der Waals surface area contributed by atoms with Crippen molar-refractivity contribution < 1.29 is 22.8 Å². The molecule has 2 aromatic carbocycles. The van der Waals surface area contributed by atoms with Crippen LogP contribution in [0.2, 0.25) is 0 Å². The molecule has 0 saturated carbocycles. The first kappa shape index (κ1) is 19.1. The Balaban J connectivity index is 1.67. The van der Waals surface area contributed by atoms with Crippen molar-refractivity contribution in [1.82, 2.24) is 0 Å². The number of nitrogens with zero attached hydrogens (tertiary/aromatic N) is 1. The van der Waals surface area contributed by atoms with Crippen LogP contribution in [0.5, 0.6) is 0 Å². The molecule has 3 rings (SSSR count). The molecule has 1 aliphatic heterocycles. The van der Waals surface area contributed by atoms with Crippen LogP contribution in [0.15, 0.2) is 58.6 Å². The van der Waals surface area contributed by atoms with Gasteiger partial charge in [-0.15, -0.1) is 0 Å². The van der Waals surface area contributed by atoms with E-state index in [-0.39, 0.29) is 18.0 Å². The average molecular weight is 387 g/mol. The van der Waals surface area contributed by atoms with E-state index >= 15 is 0 Å². The van der Waals surface area contributed by atoms with Crippen LogP contribution >= 0.6 is 0 Å². The molecule has 27 heavy (non-hydrogen) atoms. The van der Waals surface area contributed by atoms with Crippen molar-refractivity contribution in [3.8, 4) is 11.1 Å². The van der Waals surface area contributed by atoms with E-state index in [1.54, 1.807) is 38.1 Å². The lowest BCUT2D eigenvalue weighted by atomic mass is 10.0. The van der Waals surface area contributed by atoms with Crippen LogP contribution in [0.3, 0.4) is 0 Å². The van der Waals surface area contributed by atoms with Crippen molar-refractivity contribution in [3.05, 3.63) is 54.1 Å². The van der Waals surface area contributed by atoms with Crippen LogP contribution in [0.4, 0.5) is 0 Å². The van der Waals surface area contributed by atoms with Crippen molar-refractivity contribution >= 4 is 21.7 Å². The lowest BCUT2D eigenvalue weighted by Gasteiger charge is -2.10. The highest BCUT2D eigenvalue weighted by Gasteiger charge is 2.26. The Labute approximate surface area is 158 Å². The van der Waals surface area contributed by atoms with Crippen LogP contribution < -0.4 is 0 Å². The van der Waals surface area contributed by atoms with Crippen LogP contribution in [-0.2, 0) is 24.2 Å². The second kappa shape index (κ2) is 7.52. The summed E-state index contributed by atoms with van der Waals surface area (Å²) in [6.07, 6.45) is 1.30. The second-order valence-corrected chi connectivity index (χ2v) is 8.79. The molecule has 0 bridgehead atoms. The molecule has 7 heteroatoms. The largest absolute Gasteiger partial charge is 0.408 e. The van der Waals surface area contributed by atoms with Gasteiger partial charge in [-0.25, -0.2) is 8.42 Å². The van der Waals surface area contributed by atoms with E-state index < -0.39 is 9.84 Å². The SMILES string of the molecule is CC(C)C(=O)OC1=NOC(c2ccc(-c3ccc(S(C)(=O)=O)cc3)cc2)C1. The maximum Gasteiger partial charge on any atom is 0.314 e. The molecule has 1 heterocycles. The zero-order chi connectivity index (χ0) is 19.6. The number of carbonyl (C=O) groups is 1. The molecular formula is C20H21NO5S. The van der Waals surface area contributed by atoms with Crippen LogP contribution in [0.25, 0.3) is 11.1 Å². The first-order valence-corrected chi connectivity index (χ1v) is 10.5. The molecule has 0 aromatic heterocycles. The summed E-state index contributed by atoms with van der Waals surface area (Å²) in [6, 6.07) is 14.5. The van der Waals surface area contributed by atoms with Crippen molar-refractivity contribution in [2.75, 3.05) is 6.26 Å². The first-order valence-electron chi connectivity index (χ1n) is 8.59. The molecule has 0 saturated heterocycles. The van der Waals surface area contributed by atoms with E-state index in [1.165, 1.54) is 6.26 Å². The van der Waals surface area contributed by atoms with Gasteiger partial charge in [0.15, 0.2) is 15.9 Å². The van der Waals surface area contributed by atoms with Crippen LogP contribution in [0, 0.1) is 5.92 Å². The van der Waals surface area contributed by atoms with Gasteiger partial charge in [0.2, 0.25) is 5.90 Å². The Morgan fingerprint density at radius 1 is 1.07 bits per heavy atom. The molecule has 1 aliphatic rings. The number of ether oxygens (including phenoxy) is 1. The number of esters is 1. The van der Waals surface area contributed by atoms with Crippen molar-refractivity contribution in [2.45, 2.75) is 31.3 Å². The van der Waals surface area contributed by atoms with E-state index in [0.29, 0.717) is 17.2 Å². The smallest absolute Gasteiger partial charge is 0.314 e. The maximum absolute atomic E-state index is 11.6. The Kier molecular flexibility index (Phi) is 5.32. The molecule has 0 aliphatic carbocycles. The number of rotatable bonds is 4. The summed E-state index contributed by atoms with van der Waals surface area (Å²) in [5, 5.41) is 3.85. The van der Waals surface area contributed by atoms with Gasteiger partial charge in [-0.2, -0.15) is 0 Å².